The zero-order valence-corrected chi connectivity index (χ0v) is 9.88. The van der Waals surface area contributed by atoms with Crippen LogP contribution in [0.25, 0.3) is 11.1 Å². The van der Waals surface area contributed by atoms with Crippen LogP contribution >= 0.6 is 10.8 Å². The largest absolute Gasteiger partial charge is 0.235 e. The van der Waals surface area contributed by atoms with E-state index in [0.717, 1.165) is 26.8 Å². The Kier molecular flexibility index (Phi) is 2.09. The Balaban J connectivity index is 2.42. The predicted octanol–water partition coefficient (Wildman–Crippen LogP) is 3.15. The number of benzene rings is 2. The van der Waals surface area contributed by atoms with Crippen LogP contribution in [0.1, 0.15) is 0 Å². The lowest BCUT2D eigenvalue weighted by molar-refractivity contribution is 0.610. The minimum Gasteiger partial charge on any atom is -0.212 e. The Morgan fingerprint density at radius 3 is 2.25 bits per heavy atom. The van der Waals surface area contributed by atoms with Crippen molar-refractivity contribution in [3.63, 3.8) is 0 Å². The zero-order chi connectivity index (χ0) is 11.2. The normalized spacial score (nSPS) is 16.2. The second kappa shape index (κ2) is 3.37. The number of fused-ring (bicyclic) bond motifs is 3. The Labute approximate surface area is 97.6 Å². The number of hydrogen-bond acceptors (Lipinski definition) is 3. The molecule has 0 N–H and O–H groups in total. The van der Waals surface area contributed by atoms with E-state index in [1.807, 2.05) is 36.4 Å². The second-order valence-corrected chi connectivity index (χ2v) is 7.30. The lowest BCUT2D eigenvalue weighted by atomic mass is 10.1. The molecule has 1 heterocycles. The Morgan fingerprint density at radius 2 is 1.44 bits per heavy atom. The van der Waals surface area contributed by atoms with Gasteiger partial charge in [0.1, 0.15) is 0 Å². The fourth-order valence-electron chi connectivity index (χ4n) is 1.83. The van der Waals surface area contributed by atoms with Crippen LogP contribution in [0.4, 0.5) is 0 Å². The Hall–Kier alpha value is -1.26. The van der Waals surface area contributed by atoms with Gasteiger partial charge in [-0.3, -0.25) is 0 Å². The molecule has 0 saturated heterocycles. The van der Waals surface area contributed by atoms with E-state index in [-0.39, 0.29) is 0 Å². The zero-order valence-electron chi connectivity index (χ0n) is 8.25. The highest BCUT2D eigenvalue weighted by Crippen LogP contribution is 2.45. The average Bonchev–Trinajstić information content (AvgIpc) is 2.29. The molecule has 0 unspecified atom stereocenters. The van der Waals surface area contributed by atoms with Crippen LogP contribution in [0.15, 0.2) is 58.3 Å². The van der Waals surface area contributed by atoms with Gasteiger partial charge in [0.25, 0.3) is 0 Å². The van der Waals surface area contributed by atoms with Gasteiger partial charge in [0, 0.05) is 21.3 Å². The van der Waals surface area contributed by atoms with Crippen LogP contribution < -0.4 is 0 Å². The second-order valence-electron chi connectivity index (χ2n) is 3.53. The van der Waals surface area contributed by atoms with Gasteiger partial charge in [0.05, 0.1) is 4.90 Å². The first-order valence-corrected chi connectivity index (χ1v) is 7.63. The molecule has 2 aromatic rings. The summed E-state index contributed by atoms with van der Waals surface area (Å²) in [7, 11) is -2.31. The molecule has 0 amide bonds. The quantitative estimate of drug-likeness (QED) is 0.672. The highest BCUT2D eigenvalue weighted by atomic mass is 33.1. The van der Waals surface area contributed by atoms with Gasteiger partial charge in [0.2, 0.25) is 8.87 Å². The molecule has 2 nitrogen and oxygen atoms in total. The minimum atomic E-state index is -3.24. The summed E-state index contributed by atoms with van der Waals surface area (Å²) in [4.78, 5) is 1.22. The predicted molar refractivity (Wildman–Crippen MR) is 64.9 cm³/mol. The summed E-state index contributed by atoms with van der Waals surface area (Å²) in [5.74, 6) is 0. The average molecular weight is 248 g/mol. The molecule has 0 bridgehead atoms. The van der Waals surface area contributed by atoms with Crippen molar-refractivity contribution in [2.24, 2.45) is 0 Å². The van der Waals surface area contributed by atoms with Crippen molar-refractivity contribution in [3.8, 4) is 11.1 Å². The molecular weight excluding hydrogens is 240 g/mol. The summed E-state index contributed by atoms with van der Waals surface area (Å²) in [6.07, 6.45) is 0. The smallest absolute Gasteiger partial charge is 0.212 e. The first kappa shape index (κ1) is 9.93. The molecular formula is C12H8O2S2. The molecule has 3 rings (SSSR count). The molecule has 0 atom stereocenters. The van der Waals surface area contributed by atoms with E-state index in [2.05, 4.69) is 0 Å². The minimum absolute atomic E-state index is 0.415. The highest BCUT2D eigenvalue weighted by molar-refractivity contribution is 8.72. The number of hydrogen-bond donors (Lipinski definition) is 0. The lowest BCUT2D eigenvalue weighted by Crippen LogP contribution is -2.03. The Bertz CT molecular complexity index is 660. The van der Waals surface area contributed by atoms with Crippen molar-refractivity contribution >= 4 is 19.7 Å². The maximum atomic E-state index is 12.0. The van der Waals surface area contributed by atoms with E-state index in [0.29, 0.717) is 4.90 Å². The SMILES string of the molecule is O=S1(=O)Sc2ccccc2-c2ccccc21. The molecule has 1 aliphatic heterocycles. The van der Waals surface area contributed by atoms with Crippen LogP contribution in [0.2, 0.25) is 0 Å². The molecule has 2 aromatic carbocycles. The fraction of sp³-hybridized carbons (Fsp3) is 0. The van der Waals surface area contributed by atoms with Crippen molar-refractivity contribution in [3.05, 3.63) is 48.5 Å². The summed E-state index contributed by atoms with van der Waals surface area (Å²) in [5, 5.41) is 0. The molecule has 0 aromatic heterocycles. The highest BCUT2D eigenvalue weighted by Gasteiger charge is 2.27. The molecule has 4 heteroatoms. The van der Waals surface area contributed by atoms with E-state index < -0.39 is 8.87 Å². The first-order chi connectivity index (χ1) is 7.68. The summed E-state index contributed by atoms with van der Waals surface area (Å²) >= 11 is 0. The van der Waals surface area contributed by atoms with Gasteiger partial charge in [-0.1, -0.05) is 36.4 Å². The van der Waals surface area contributed by atoms with Crippen LogP contribution in [0.3, 0.4) is 0 Å². The van der Waals surface area contributed by atoms with E-state index in [1.165, 1.54) is 0 Å². The van der Waals surface area contributed by atoms with Crippen molar-refractivity contribution in [2.45, 2.75) is 9.79 Å². The molecule has 0 aliphatic carbocycles. The lowest BCUT2D eigenvalue weighted by Gasteiger charge is -2.18. The van der Waals surface area contributed by atoms with Crippen LogP contribution in [0.5, 0.6) is 0 Å². The van der Waals surface area contributed by atoms with Gasteiger partial charge in [-0.05, 0) is 17.7 Å². The third-order valence-corrected chi connectivity index (χ3v) is 5.92. The van der Waals surface area contributed by atoms with E-state index >= 15 is 0 Å². The van der Waals surface area contributed by atoms with E-state index in [1.54, 1.807) is 12.1 Å². The molecule has 1 aliphatic rings. The van der Waals surface area contributed by atoms with Gasteiger partial charge < -0.3 is 0 Å². The summed E-state index contributed by atoms with van der Waals surface area (Å²) in [6.45, 7) is 0. The maximum Gasteiger partial charge on any atom is 0.235 e. The molecule has 0 saturated carbocycles. The number of rotatable bonds is 0. The fourth-order valence-corrected chi connectivity index (χ4v) is 5.10. The Morgan fingerprint density at radius 1 is 0.812 bits per heavy atom. The van der Waals surface area contributed by atoms with Gasteiger partial charge in [-0.2, -0.15) is 0 Å². The van der Waals surface area contributed by atoms with Gasteiger partial charge >= 0.3 is 0 Å². The molecule has 0 fully saturated rings. The van der Waals surface area contributed by atoms with Gasteiger partial charge in [-0.25, -0.2) is 8.42 Å². The van der Waals surface area contributed by atoms with Crippen LogP contribution in [-0.4, -0.2) is 8.42 Å². The third kappa shape index (κ3) is 1.37. The monoisotopic (exact) mass is 248 g/mol. The third-order valence-electron chi connectivity index (χ3n) is 2.53. The summed E-state index contributed by atoms with van der Waals surface area (Å²) in [6, 6.07) is 14.7. The van der Waals surface area contributed by atoms with Gasteiger partial charge in [0.15, 0.2) is 0 Å². The van der Waals surface area contributed by atoms with Crippen LogP contribution in [0, 0.1) is 0 Å². The standard InChI is InChI=1S/C12H8O2S2/c13-16(14)12-8-4-2-6-10(12)9-5-1-3-7-11(9)15-16/h1-8H. The molecule has 0 radical (unpaired) electrons. The molecule has 16 heavy (non-hydrogen) atoms. The van der Waals surface area contributed by atoms with Gasteiger partial charge in [-0.15, -0.1) is 0 Å². The van der Waals surface area contributed by atoms with E-state index in [9.17, 15) is 8.42 Å². The maximum absolute atomic E-state index is 12.0. The summed E-state index contributed by atoms with van der Waals surface area (Å²) in [5.41, 5.74) is 1.80. The molecule has 0 spiro atoms. The van der Waals surface area contributed by atoms with Crippen molar-refractivity contribution in [1.29, 1.82) is 0 Å². The van der Waals surface area contributed by atoms with Crippen molar-refractivity contribution < 1.29 is 8.42 Å². The first-order valence-electron chi connectivity index (χ1n) is 4.81. The van der Waals surface area contributed by atoms with Crippen LogP contribution in [-0.2, 0) is 8.87 Å². The summed E-state index contributed by atoms with van der Waals surface area (Å²) < 4.78 is 24.0. The van der Waals surface area contributed by atoms with E-state index in [4.69, 9.17) is 0 Å². The topological polar surface area (TPSA) is 34.1 Å². The molecule has 80 valence electrons. The van der Waals surface area contributed by atoms with Crippen molar-refractivity contribution in [1.82, 2.24) is 0 Å². The van der Waals surface area contributed by atoms with Crippen molar-refractivity contribution in [2.75, 3.05) is 0 Å².